The Kier molecular flexibility index (Phi) is 7.40. The number of nitrogens with zero attached hydrogens (tertiary/aromatic N) is 6. The number of hydrogen-bond donors (Lipinski definition) is 3. The summed E-state index contributed by atoms with van der Waals surface area (Å²) in [5.41, 5.74) is 4.10. The van der Waals surface area contributed by atoms with Gasteiger partial charge >= 0.3 is 0 Å². The average molecular weight is 529 g/mol. The Balaban J connectivity index is 1.28. The number of aromatic nitrogens is 3. The minimum atomic E-state index is -0.433. The number of carbonyl (C=O) groups is 1. The van der Waals surface area contributed by atoms with Gasteiger partial charge in [-0.3, -0.25) is 14.6 Å². The summed E-state index contributed by atoms with van der Waals surface area (Å²) in [5, 5.41) is 16.9. The monoisotopic (exact) mass is 528 g/mol. The molecule has 5 atom stereocenters. The minimum absolute atomic E-state index is 0.0499. The second-order valence-electron chi connectivity index (χ2n) is 10.9. The first-order valence-corrected chi connectivity index (χ1v) is 13.8. The SMILES string of the molecule is CC1CN2CCN1Cc1cccc(c1)Nc1cc(ccn1)-c1cnc(nc1)N1CC(O)CC1CCNC(=O)C2. The van der Waals surface area contributed by atoms with Gasteiger partial charge in [0.2, 0.25) is 11.9 Å². The second-order valence-corrected chi connectivity index (χ2v) is 10.9. The molecular weight excluding hydrogens is 492 g/mol. The van der Waals surface area contributed by atoms with Crippen molar-refractivity contribution in [3.8, 4) is 11.1 Å². The van der Waals surface area contributed by atoms with Crippen LogP contribution < -0.4 is 15.5 Å². The first kappa shape index (κ1) is 25.7. The van der Waals surface area contributed by atoms with Crippen molar-refractivity contribution in [2.24, 2.45) is 0 Å². The molecule has 0 aliphatic carbocycles. The maximum absolute atomic E-state index is 12.7. The third-order valence-electron chi connectivity index (χ3n) is 7.98. The maximum Gasteiger partial charge on any atom is 0.234 e. The lowest BCUT2D eigenvalue weighted by Crippen LogP contribution is -2.53. The molecule has 0 radical (unpaired) electrons. The van der Waals surface area contributed by atoms with E-state index >= 15 is 0 Å². The van der Waals surface area contributed by atoms with E-state index in [-0.39, 0.29) is 11.9 Å². The van der Waals surface area contributed by atoms with Gasteiger partial charge in [-0.15, -0.1) is 0 Å². The van der Waals surface area contributed by atoms with Gasteiger partial charge in [-0.1, -0.05) is 12.1 Å². The summed E-state index contributed by atoms with van der Waals surface area (Å²) in [6, 6.07) is 12.8. The number of nitrogens with one attached hydrogen (secondary N) is 2. The van der Waals surface area contributed by atoms with E-state index in [2.05, 4.69) is 71.5 Å². The van der Waals surface area contributed by atoms with Crippen LogP contribution in [0.3, 0.4) is 0 Å². The molecule has 8 bridgehead atoms. The van der Waals surface area contributed by atoms with E-state index in [0.717, 1.165) is 55.2 Å². The van der Waals surface area contributed by atoms with E-state index in [4.69, 9.17) is 0 Å². The van der Waals surface area contributed by atoms with E-state index in [0.29, 0.717) is 38.0 Å². The quantitative estimate of drug-likeness (QED) is 0.405. The Morgan fingerprint density at radius 1 is 1.00 bits per heavy atom. The molecule has 10 nitrogen and oxygen atoms in total. The summed E-state index contributed by atoms with van der Waals surface area (Å²) in [7, 11) is 0. The molecule has 1 aromatic carbocycles. The Morgan fingerprint density at radius 3 is 2.72 bits per heavy atom. The zero-order valence-electron chi connectivity index (χ0n) is 22.3. The molecule has 10 heteroatoms. The number of pyridine rings is 1. The molecule has 3 N–H and O–H groups in total. The van der Waals surface area contributed by atoms with Crippen LogP contribution in [0.25, 0.3) is 11.1 Å². The molecule has 0 saturated carbocycles. The van der Waals surface area contributed by atoms with E-state index in [1.165, 1.54) is 5.56 Å². The van der Waals surface area contributed by atoms with Crippen molar-refractivity contribution < 1.29 is 9.90 Å². The van der Waals surface area contributed by atoms with E-state index in [1.807, 2.05) is 24.5 Å². The average Bonchev–Trinajstić information content (AvgIpc) is 3.30. The highest BCUT2D eigenvalue weighted by Gasteiger charge is 2.32. The largest absolute Gasteiger partial charge is 0.391 e. The molecule has 9 rings (SSSR count). The van der Waals surface area contributed by atoms with Gasteiger partial charge < -0.3 is 20.6 Å². The summed E-state index contributed by atoms with van der Waals surface area (Å²) in [6.07, 6.45) is 6.37. The van der Waals surface area contributed by atoms with Gasteiger partial charge in [0.15, 0.2) is 0 Å². The van der Waals surface area contributed by atoms with Gasteiger partial charge in [0.1, 0.15) is 5.82 Å². The highest BCUT2D eigenvalue weighted by Crippen LogP contribution is 2.27. The van der Waals surface area contributed by atoms with Crippen LogP contribution >= 0.6 is 0 Å². The van der Waals surface area contributed by atoms with E-state index in [1.54, 1.807) is 6.20 Å². The summed E-state index contributed by atoms with van der Waals surface area (Å²) in [4.78, 5) is 33.3. The van der Waals surface area contributed by atoms with Gasteiger partial charge in [-0.25, -0.2) is 15.0 Å². The number of hydrogen-bond acceptors (Lipinski definition) is 9. The van der Waals surface area contributed by atoms with Gasteiger partial charge in [0, 0.05) is 81.2 Å². The molecule has 1 amide bonds. The third-order valence-corrected chi connectivity index (χ3v) is 7.98. The molecule has 8 heterocycles. The number of anilines is 3. The summed E-state index contributed by atoms with van der Waals surface area (Å²) in [6.45, 7) is 7.19. The smallest absolute Gasteiger partial charge is 0.234 e. The molecule has 3 aromatic rings. The van der Waals surface area contributed by atoms with Gasteiger partial charge in [0.05, 0.1) is 12.6 Å². The normalized spacial score (nSPS) is 27.5. The second kappa shape index (κ2) is 11.3. The summed E-state index contributed by atoms with van der Waals surface area (Å²) in [5.74, 6) is 1.41. The first-order valence-electron chi connectivity index (χ1n) is 13.8. The van der Waals surface area contributed by atoms with Crippen molar-refractivity contribution in [1.29, 1.82) is 0 Å². The molecular formula is C29H36N8O2. The van der Waals surface area contributed by atoms with Crippen molar-refractivity contribution in [3.63, 3.8) is 0 Å². The Hall–Kier alpha value is -3.60. The van der Waals surface area contributed by atoms with Crippen LogP contribution in [0.1, 0.15) is 25.3 Å². The Labute approximate surface area is 229 Å². The van der Waals surface area contributed by atoms with Gasteiger partial charge in [-0.05, 0) is 55.2 Å². The van der Waals surface area contributed by atoms with Crippen molar-refractivity contribution in [2.45, 2.75) is 44.5 Å². The fourth-order valence-corrected chi connectivity index (χ4v) is 5.92. The Morgan fingerprint density at radius 2 is 1.87 bits per heavy atom. The lowest BCUT2D eigenvalue weighted by atomic mass is 10.1. The standard InChI is InChI=1S/C29H36N8O2/c1-20-16-35-9-10-36(20)17-21-3-2-4-24(11-21)34-27-12-22(5-7-30-27)23-14-32-29(33-15-23)37-18-26(38)13-25(37)6-8-31-28(39)19-35/h2-5,7,11-12,14-15,20,25-26,38H,6,8-10,13,16-19H2,1H3,(H,30,34)(H,31,39). The molecule has 2 saturated heterocycles. The first-order chi connectivity index (χ1) is 19.0. The number of amides is 1. The number of piperazine rings is 1. The lowest BCUT2D eigenvalue weighted by molar-refractivity contribution is -0.123. The Bertz CT molecular complexity index is 1300. The highest BCUT2D eigenvalue weighted by molar-refractivity contribution is 5.78. The number of rotatable bonds is 0. The minimum Gasteiger partial charge on any atom is -0.391 e. The molecule has 0 spiro atoms. The number of aliphatic hydroxyl groups is 1. The lowest BCUT2D eigenvalue weighted by Gasteiger charge is -2.39. The molecule has 5 unspecified atom stereocenters. The van der Waals surface area contributed by atoms with Crippen LogP contribution in [0, 0.1) is 0 Å². The fraction of sp³-hybridized carbons (Fsp3) is 0.448. The van der Waals surface area contributed by atoms with Crippen molar-refractivity contribution in [2.75, 3.05) is 49.5 Å². The van der Waals surface area contributed by atoms with Crippen molar-refractivity contribution in [3.05, 3.63) is 60.6 Å². The van der Waals surface area contributed by atoms with Crippen LogP contribution in [-0.4, -0.2) is 93.2 Å². The number of benzene rings is 1. The molecule has 2 aromatic heterocycles. The number of carbonyl (C=O) groups excluding carboxylic acids is 1. The van der Waals surface area contributed by atoms with Crippen molar-refractivity contribution in [1.82, 2.24) is 30.1 Å². The third kappa shape index (κ3) is 6.03. The maximum atomic E-state index is 12.7. The molecule has 204 valence electrons. The van der Waals surface area contributed by atoms with E-state index in [9.17, 15) is 9.90 Å². The molecule has 2 fully saturated rings. The van der Waals surface area contributed by atoms with Crippen LogP contribution in [0.5, 0.6) is 0 Å². The highest BCUT2D eigenvalue weighted by atomic mass is 16.3. The molecule has 6 aliphatic heterocycles. The number of aliphatic hydroxyl groups excluding tert-OH is 1. The predicted molar refractivity (Wildman–Crippen MR) is 151 cm³/mol. The van der Waals surface area contributed by atoms with Gasteiger partial charge in [-0.2, -0.15) is 0 Å². The topological polar surface area (TPSA) is 110 Å². The molecule has 6 aliphatic rings. The summed E-state index contributed by atoms with van der Waals surface area (Å²) < 4.78 is 0. The van der Waals surface area contributed by atoms with Gasteiger partial charge in [0.25, 0.3) is 0 Å². The van der Waals surface area contributed by atoms with Crippen LogP contribution in [0.4, 0.5) is 17.5 Å². The molecule has 39 heavy (non-hydrogen) atoms. The predicted octanol–water partition coefficient (Wildman–Crippen LogP) is 2.25. The van der Waals surface area contributed by atoms with Crippen LogP contribution in [0.15, 0.2) is 55.0 Å². The fourth-order valence-electron chi connectivity index (χ4n) is 5.92. The summed E-state index contributed by atoms with van der Waals surface area (Å²) >= 11 is 0. The zero-order chi connectivity index (χ0) is 26.8. The van der Waals surface area contributed by atoms with Crippen molar-refractivity contribution >= 4 is 23.4 Å². The van der Waals surface area contributed by atoms with E-state index < -0.39 is 6.10 Å². The van der Waals surface area contributed by atoms with Crippen LogP contribution in [-0.2, 0) is 11.3 Å². The van der Waals surface area contributed by atoms with Crippen LogP contribution in [0.2, 0.25) is 0 Å². The zero-order valence-corrected chi connectivity index (χ0v) is 22.3.